The minimum absolute atomic E-state index is 0.0729. The van der Waals surface area contributed by atoms with Crippen LogP contribution in [0.25, 0.3) is 11.0 Å². The first kappa shape index (κ1) is 17.5. The Kier molecular flexibility index (Phi) is 4.42. The zero-order valence-corrected chi connectivity index (χ0v) is 14.7. The number of hydrogen-bond donors (Lipinski definition) is 3. The summed E-state index contributed by atoms with van der Waals surface area (Å²) in [4.78, 5) is 24.7. The zero-order valence-electron chi connectivity index (χ0n) is 14.7. The van der Waals surface area contributed by atoms with Crippen LogP contribution in [-0.4, -0.2) is 16.1 Å². The summed E-state index contributed by atoms with van der Waals surface area (Å²) >= 11 is 0. The monoisotopic (exact) mass is 353 g/mol. The third-order valence-corrected chi connectivity index (χ3v) is 4.35. The zero-order chi connectivity index (χ0) is 19.0. The largest absolute Gasteiger partial charge is 0.508 e. The molecule has 0 spiro atoms. The van der Waals surface area contributed by atoms with Gasteiger partial charge < -0.3 is 19.9 Å². The average molecular weight is 353 g/mol. The van der Waals surface area contributed by atoms with Gasteiger partial charge in [0.25, 0.3) is 0 Å². The molecule has 0 radical (unpaired) electrons. The van der Waals surface area contributed by atoms with E-state index in [1.165, 1.54) is 6.07 Å². The standard InChI is InChI=1S/C20H19NO5/c1-10-4-5-11(2)15(6-10)21-18(24)9-14-12(3)19-16(23)7-13(22)8-17(19)26-20(14)25/h4-8,22-23H,9H2,1-3H3,(H,21,24). The molecule has 3 N–H and O–H groups in total. The van der Waals surface area contributed by atoms with E-state index in [2.05, 4.69) is 5.32 Å². The lowest BCUT2D eigenvalue weighted by molar-refractivity contribution is -0.115. The van der Waals surface area contributed by atoms with E-state index >= 15 is 0 Å². The Hall–Kier alpha value is -3.28. The SMILES string of the molecule is Cc1ccc(C)c(NC(=O)Cc2c(C)c3c(O)cc(O)cc3oc2=O)c1. The van der Waals surface area contributed by atoms with Crippen LogP contribution in [0.5, 0.6) is 11.5 Å². The van der Waals surface area contributed by atoms with Gasteiger partial charge in [0.15, 0.2) is 0 Å². The van der Waals surface area contributed by atoms with Gasteiger partial charge in [0.2, 0.25) is 5.91 Å². The molecule has 0 saturated heterocycles. The van der Waals surface area contributed by atoms with Crippen LogP contribution in [-0.2, 0) is 11.2 Å². The molecule has 2 aromatic carbocycles. The minimum Gasteiger partial charge on any atom is -0.508 e. The van der Waals surface area contributed by atoms with Gasteiger partial charge in [-0.15, -0.1) is 0 Å². The highest BCUT2D eigenvalue weighted by Crippen LogP contribution is 2.32. The van der Waals surface area contributed by atoms with E-state index < -0.39 is 5.63 Å². The summed E-state index contributed by atoms with van der Waals surface area (Å²) in [6, 6.07) is 8.13. The molecule has 0 aliphatic rings. The fourth-order valence-corrected chi connectivity index (χ4v) is 2.94. The lowest BCUT2D eigenvalue weighted by Gasteiger charge is -2.11. The molecule has 26 heavy (non-hydrogen) atoms. The van der Waals surface area contributed by atoms with Gasteiger partial charge in [-0.25, -0.2) is 4.79 Å². The summed E-state index contributed by atoms with van der Waals surface area (Å²) in [5.41, 5.74) is 2.63. The van der Waals surface area contributed by atoms with E-state index in [-0.39, 0.29) is 35.0 Å². The molecule has 0 atom stereocenters. The molecule has 1 heterocycles. The van der Waals surface area contributed by atoms with E-state index in [1.807, 2.05) is 32.0 Å². The van der Waals surface area contributed by atoms with Gasteiger partial charge in [0.05, 0.1) is 17.4 Å². The number of benzene rings is 2. The number of anilines is 1. The fourth-order valence-electron chi connectivity index (χ4n) is 2.94. The fraction of sp³-hybridized carbons (Fsp3) is 0.200. The maximum absolute atomic E-state index is 12.4. The van der Waals surface area contributed by atoms with E-state index in [1.54, 1.807) is 6.92 Å². The second kappa shape index (κ2) is 6.55. The van der Waals surface area contributed by atoms with Crippen LogP contribution in [0.2, 0.25) is 0 Å². The number of aromatic hydroxyl groups is 2. The number of carbonyl (C=O) groups excluding carboxylic acids is 1. The van der Waals surface area contributed by atoms with E-state index in [0.29, 0.717) is 16.6 Å². The van der Waals surface area contributed by atoms with Crippen LogP contribution in [0, 0.1) is 20.8 Å². The Morgan fingerprint density at radius 2 is 1.85 bits per heavy atom. The number of rotatable bonds is 3. The molecule has 1 amide bonds. The number of phenolic OH excluding ortho intramolecular Hbond substituents is 2. The summed E-state index contributed by atoms with van der Waals surface area (Å²) < 4.78 is 5.17. The first-order valence-corrected chi connectivity index (χ1v) is 8.11. The Bertz CT molecular complexity index is 1080. The molecule has 0 aliphatic heterocycles. The van der Waals surface area contributed by atoms with Crippen molar-refractivity contribution in [3.05, 3.63) is 63.0 Å². The van der Waals surface area contributed by atoms with Crippen molar-refractivity contribution in [2.24, 2.45) is 0 Å². The van der Waals surface area contributed by atoms with E-state index in [4.69, 9.17) is 4.42 Å². The van der Waals surface area contributed by atoms with E-state index in [0.717, 1.165) is 17.2 Å². The summed E-state index contributed by atoms with van der Waals surface area (Å²) in [5.74, 6) is -0.776. The highest BCUT2D eigenvalue weighted by atomic mass is 16.4. The highest BCUT2D eigenvalue weighted by Gasteiger charge is 2.18. The Morgan fingerprint density at radius 3 is 2.58 bits per heavy atom. The van der Waals surface area contributed by atoms with Crippen LogP contribution in [0.4, 0.5) is 5.69 Å². The Labute approximate surface area is 149 Å². The van der Waals surface area contributed by atoms with Gasteiger partial charge in [0.1, 0.15) is 17.1 Å². The summed E-state index contributed by atoms with van der Waals surface area (Å²) in [5, 5.41) is 22.7. The summed E-state index contributed by atoms with van der Waals surface area (Å²) in [7, 11) is 0. The highest BCUT2D eigenvalue weighted by molar-refractivity contribution is 5.95. The number of fused-ring (bicyclic) bond motifs is 1. The molecule has 6 nitrogen and oxygen atoms in total. The predicted octanol–water partition coefficient (Wildman–Crippen LogP) is 3.31. The van der Waals surface area contributed by atoms with Crippen molar-refractivity contribution in [3.8, 4) is 11.5 Å². The summed E-state index contributed by atoms with van der Waals surface area (Å²) in [6.45, 7) is 5.45. The lowest BCUT2D eigenvalue weighted by atomic mass is 10.0. The average Bonchev–Trinajstić information content (AvgIpc) is 2.54. The normalized spacial score (nSPS) is 10.9. The van der Waals surface area contributed by atoms with Crippen molar-refractivity contribution < 1.29 is 19.4 Å². The van der Waals surface area contributed by atoms with Gasteiger partial charge in [-0.2, -0.15) is 0 Å². The van der Waals surface area contributed by atoms with Gasteiger partial charge in [-0.3, -0.25) is 4.79 Å². The van der Waals surface area contributed by atoms with Gasteiger partial charge in [-0.1, -0.05) is 12.1 Å². The molecule has 134 valence electrons. The predicted molar refractivity (Wildman–Crippen MR) is 98.8 cm³/mol. The van der Waals surface area contributed by atoms with Gasteiger partial charge >= 0.3 is 5.63 Å². The van der Waals surface area contributed by atoms with E-state index in [9.17, 15) is 19.8 Å². The molecular formula is C20H19NO5. The molecule has 0 aliphatic carbocycles. The number of hydrogen-bond acceptors (Lipinski definition) is 5. The Balaban J connectivity index is 1.97. The maximum atomic E-state index is 12.4. The minimum atomic E-state index is -0.670. The number of nitrogens with one attached hydrogen (secondary N) is 1. The smallest absolute Gasteiger partial charge is 0.340 e. The van der Waals surface area contributed by atoms with Crippen molar-refractivity contribution in [2.75, 3.05) is 5.32 Å². The Morgan fingerprint density at radius 1 is 1.12 bits per heavy atom. The second-order valence-corrected chi connectivity index (χ2v) is 6.37. The van der Waals surface area contributed by atoms with Crippen LogP contribution in [0.1, 0.15) is 22.3 Å². The van der Waals surface area contributed by atoms with Crippen LogP contribution >= 0.6 is 0 Å². The number of carbonyl (C=O) groups is 1. The van der Waals surface area contributed by atoms with Crippen molar-refractivity contribution in [3.63, 3.8) is 0 Å². The van der Waals surface area contributed by atoms with Gasteiger partial charge in [-0.05, 0) is 43.5 Å². The molecule has 3 rings (SSSR count). The molecule has 0 unspecified atom stereocenters. The maximum Gasteiger partial charge on any atom is 0.340 e. The number of aryl methyl sites for hydroxylation is 3. The third-order valence-electron chi connectivity index (χ3n) is 4.35. The number of phenols is 2. The molecule has 1 aromatic heterocycles. The van der Waals surface area contributed by atoms with Crippen molar-refractivity contribution in [1.82, 2.24) is 0 Å². The summed E-state index contributed by atoms with van der Waals surface area (Å²) in [6.07, 6.45) is -0.183. The molecular weight excluding hydrogens is 334 g/mol. The first-order chi connectivity index (χ1) is 12.3. The van der Waals surface area contributed by atoms with Crippen LogP contribution in [0.15, 0.2) is 39.5 Å². The molecule has 0 bridgehead atoms. The van der Waals surface area contributed by atoms with Crippen LogP contribution in [0.3, 0.4) is 0 Å². The molecule has 6 heteroatoms. The third kappa shape index (κ3) is 3.26. The lowest BCUT2D eigenvalue weighted by Crippen LogP contribution is -2.21. The van der Waals surface area contributed by atoms with Gasteiger partial charge in [0, 0.05) is 17.8 Å². The second-order valence-electron chi connectivity index (χ2n) is 6.37. The van der Waals surface area contributed by atoms with Crippen LogP contribution < -0.4 is 10.9 Å². The first-order valence-electron chi connectivity index (χ1n) is 8.11. The van der Waals surface area contributed by atoms with Crippen molar-refractivity contribution in [1.29, 1.82) is 0 Å². The topological polar surface area (TPSA) is 99.8 Å². The molecule has 3 aromatic rings. The number of amides is 1. The van der Waals surface area contributed by atoms with Crippen molar-refractivity contribution >= 4 is 22.6 Å². The molecule has 0 fully saturated rings. The van der Waals surface area contributed by atoms with Crippen molar-refractivity contribution in [2.45, 2.75) is 27.2 Å². The molecule has 0 saturated carbocycles. The quantitative estimate of drug-likeness (QED) is 0.627.